The summed E-state index contributed by atoms with van der Waals surface area (Å²) in [5.41, 5.74) is 6.21. The lowest BCUT2D eigenvalue weighted by atomic mass is 9.97. The average molecular weight is 361 g/mol. The Morgan fingerprint density at radius 3 is 2.73 bits per heavy atom. The van der Waals surface area contributed by atoms with Crippen molar-refractivity contribution >= 4 is 17.7 Å². The van der Waals surface area contributed by atoms with E-state index in [0.717, 1.165) is 12.8 Å². The minimum atomic E-state index is -0.377. The van der Waals surface area contributed by atoms with Gasteiger partial charge in [-0.3, -0.25) is 4.79 Å². The van der Waals surface area contributed by atoms with Gasteiger partial charge in [-0.25, -0.2) is 9.78 Å². The summed E-state index contributed by atoms with van der Waals surface area (Å²) in [7, 11) is 1.36. The van der Waals surface area contributed by atoms with Crippen molar-refractivity contribution in [3.05, 3.63) is 17.3 Å². The van der Waals surface area contributed by atoms with Crippen molar-refractivity contribution in [2.75, 3.05) is 39.1 Å². The van der Waals surface area contributed by atoms with Gasteiger partial charge in [0.05, 0.1) is 19.4 Å². The number of anilines is 1. The average Bonchev–Trinajstić information content (AvgIpc) is 2.66. The van der Waals surface area contributed by atoms with Crippen LogP contribution in [-0.4, -0.2) is 55.2 Å². The monoisotopic (exact) mass is 361 g/mol. The van der Waals surface area contributed by atoms with Crippen LogP contribution in [0.1, 0.15) is 35.8 Å². The highest BCUT2D eigenvalue weighted by Gasteiger charge is 2.24. The lowest BCUT2D eigenvalue weighted by Crippen LogP contribution is -2.41. The van der Waals surface area contributed by atoms with Gasteiger partial charge in [0.1, 0.15) is 17.3 Å². The quantitative estimate of drug-likeness (QED) is 0.804. The largest absolute Gasteiger partial charge is 0.477 e. The van der Waals surface area contributed by atoms with Gasteiger partial charge in [-0.15, -0.1) is 0 Å². The van der Waals surface area contributed by atoms with E-state index in [1.165, 1.54) is 13.2 Å². The number of hydrogen-bond donors (Lipinski definition) is 2. The van der Waals surface area contributed by atoms with E-state index in [2.05, 4.69) is 10.3 Å². The molecule has 0 radical (unpaired) electrons. The first-order chi connectivity index (χ1) is 12.5. The van der Waals surface area contributed by atoms with Crippen LogP contribution in [0.5, 0.6) is 5.88 Å². The van der Waals surface area contributed by atoms with E-state index in [0.29, 0.717) is 26.2 Å². The fourth-order valence-corrected chi connectivity index (χ4v) is 2.79. The highest BCUT2D eigenvalue weighted by atomic mass is 16.5. The Kier molecular flexibility index (Phi) is 6.60. The number of piperidine rings is 1. The van der Waals surface area contributed by atoms with Gasteiger partial charge < -0.3 is 25.4 Å². The minimum Gasteiger partial charge on any atom is -0.477 e. The van der Waals surface area contributed by atoms with E-state index in [9.17, 15) is 9.59 Å². The Morgan fingerprint density at radius 2 is 2.15 bits per heavy atom. The Bertz CT molecular complexity index is 708. The van der Waals surface area contributed by atoms with E-state index in [-0.39, 0.29) is 40.7 Å². The number of nitrogens with zero attached hydrogens (tertiary/aromatic N) is 3. The van der Waals surface area contributed by atoms with Crippen molar-refractivity contribution in [2.45, 2.75) is 19.8 Å². The van der Waals surface area contributed by atoms with E-state index in [4.69, 9.17) is 20.5 Å². The van der Waals surface area contributed by atoms with Gasteiger partial charge in [0, 0.05) is 19.6 Å². The fraction of sp³-hybridized carbons (Fsp3) is 0.529. The van der Waals surface area contributed by atoms with Crippen molar-refractivity contribution in [1.82, 2.24) is 15.2 Å². The molecule has 1 aromatic heterocycles. The van der Waals surface area contributed by atoms with Crippen molar-refractivity contribution in [1.29, 1.82) is 5.26 Å². The summed E-state index contributed by atoms with van der Waals surface area (Å²) in [4.78, 5) is 29.6. The second kappa shape index (κ2) is 8.89. The third kappa shape index (κ3) is 4.53. The standard InChI is InChI=1S/C17H23N5O4/c1-3-26-16-12(9-18)13(19)8-14(21-16)15(23)20-10-11-4-6-22(7-5-11)17(24)25-2/h8,11H,3-7,10H2,1-2H3,(H2,19,21)(H,20,23). The lowest BCUT2D eigenvalue weighted by Gasteiger charge is -2.30. The number of nitrogens with two attached hydrogens (primary N) is 1. The van der Waals surface area contributed by atoms with Crippen LogP contribution in [0.15, 0.2) is 6.07 Å². The molecule has 2 amide bonds. The first-order valence-corrected chi connectivity index (χ1v) is 8.44. The van der Waals surface area contributed by atoms with Crippen LogP contribution >= 0.6 is 0 Å². The Morgan fingerprint density at radius 1 is 1.46 bits per heavy atom. The van der Waals surface area contributed by atoms with Gasteiger partial charge in [-0.2, -0.15) is 5.26 Å². The van der Waals surface area contributed by atoms with Gasteiger partial charge >= 0.3 is 6.09 Å². The molecular formula is C17H23N5O4. The molecule has 9 nitrogen and oxygen atoms in total. The molecule has 0 atom stereocenters. The smallest absolute Gasteiger partial charge is 0.409 e. The first-order valence-electron chi connectivity index (χ1n) is 8.44. The lowest BCUT2D eigenvalue weighted by molar-refractivity contribution is 0.0909. The number of carbonyl (C=O) groups is 2. The number of amides is 2. The maximum absolute atomic E-state index is 12.4. The number of nitrogen functional groups attached to an aromatic ring is 1. The van der Waals surface area contributed by atoms with Crippen molar-refractivity contribution in [2.24, 2.45) is 5.92 Å². The molecule has 1 aromatic rings. The van der Waals surface area contributed by atoms with Crippen molar-refractivity contribution < 1.29 is 19.1 Å². The van der Waals surface area contributed by atoms with Crippen molar-refractivity contribution in [3.63, 3.8) is 0 Å². The number of rotatable bonds is 5. The van der Waals surface area contributed by atoms with Crippen LogP contribution in [0.3, 0.4) is 0 Å². The van der Waals surface area contributed by atoms with Crippen LogP contribution in [0.2, 0.25) is 0 Å². The zero-order chi connectivity index (χ0) is 19.1. The Hall–Kier alpha value is -3.02. The molecule has 0 aliphatic carbocycles. The summed E-state index contributed by atoms with van der Waals surface area (Å²) in [5, 5.41) is 12.0. The van der Waals surface area contributed by atoms with E-state index in [1.54, 1.807) is 11.8 Å². The summed E-state index contributed by atoms with van der Waals surface area (Å²) < 4.78 is 10.0. The highest BCUT2D eigenvalue weighted by molar-refractivity contribution is 5.93. The molecule has 2 heterocycles. The van der Waals surface area contributed by atoms with Crippen LogP contribution in [-0.2, 0) is 4.74 Å². The molecule has 3 N–H and O–H groups in total. The summed E-state index contributed by atoms with van der Waals surface area (Å²) >= 11 is 0. The molecule has 1 saturated heterocycles. The van der Waals surface area contributed by atoms with Gasteiger partial charge in [0.2, 0.25) is 5.88 Å². The number of likely N-dealkylation sites (tertiary alicyclic amines) is 1. The normalized spacial score (nSPS) is 14.4. The topological polar surface area (TPSA) is 131 Å². The molecule has 0 aromatic carbocycles. The molecule has 9 heteroatoms. The molecule has 1 fully saturated rings. The second-order valence-corrected chi connectivity index (χ2v) is 5.93. The Balaban J connectivity index is 1.94. The molecule has 0 bridgehead atoms. The number of aromatic nitrogens is 1. The number of hydrogen-bond acceptors (Lipinski definition) is 7. The van der Waals surface area contributed by atoms with Crippen LogP contribution < -0.4 is 15.8 Å². The molecule has 0 saturated carbocycles. The third-order valence-corrected chi connectivity index (χ3v) is 4.24. The molecular weight excluding hydrogens is 338 g/mol. The summed E-state index contributed by atoms with van der Waals surface area (Å²) in [5.74, 6) is -0.0500. The highest BCUT2D eigenvalue weighted by Crippen LogP contribution is 2.23. The predicted molar refractivity (Wildman–Crippen MR) is 93.6 cm³/mol. The predicted octanol–water partition coefficient (Wildman–Crippen LogP) is 1.14. The number of pyridine rings is 1. The van der Waals surface area contributed by atoms with Gasteiger partial charge in [0.15, 0.2) is 0 Å². The van der Waals surface area contributed by atoms with E-state index >= 15 is 0 Å². The van der Waals surface area contributed by atoms with Crippen LogP contribution in [0, 0.1) is 17.2 Å². The zero-order valence-electron chi connectivity index (χ0n) is 14.9. The van der Waals surface area contributed by atoms with E-state index < -0.39 is 0 Å². The van der Waals surface area contributed by atoms with Crippen molar-refractivity contribution in [3.8, 4) is 11.9 Å². The van der Waals surface area contributed by atoms with Gasteiger partial charge in [0.25, 0.3) is 5.91 Å². The molecule has 2 rings (SSSR count). The molecule has 0 unspecified atom stereocenters. The second-order valence-electron chi connectivity index (χ2n) is 5.93. The number of ether oxygens (including phenoxy) is 2. The van der Waals surface area contributed by atoms with Crippen LogP contribution in [0.4, 0.5) is 10.5 Å². The maximum atomic E-state index is 12.4. The number of nitrogens with one attached hydrogen (secondary N) is 1. The van der Waals surface area contributed by atoms with Crippen LogP contribution in [0.25, 0.3) is 0 Å². The van der Waals surface area contributed by atoms with E-state index in [1.807, 2.05) is 6.07 Å². The fourth-order valence-electron chi connectivity index (χ4n) is 2.79. The molecule has 1 aliphatic heterocycles. The number of methoxy groups -OCH3 is 1. The summed E-state index contributed by atoms with van der Waals surface area (Å²) in [6.45, 7) is 3.74. The number of carbonyl (C=O) groups excluding carboxylic acids is 2. The SMILES string of the molecule is CCOc1nc(C(=O)NCC2CCN(C(=O)OC)CC2)cc(N)c1C#N. The minimum absolute atomic E-state index is 0.0616. The molecule has 0 spiro atoms. The molecule has 1 aliphatic rings. The van der Waals surface area contributed by atoms with Gasteiger partial charge in [-0.05, 0) is 31.7 Å². The molecule has 26 heavy (non-hydrogen) atoms. The third-order valence-electron chi connectivity index (χ3n) is 4.24. The Labute approximate surface area is 152 Å². The first kappa shape index (κ1) is 19.3. The number of nitriles is 1. The zero-order valence-corrected chi connectivity index (χ0v) is 14.9. The summed E-state index contributed by atoms with van der Waals surface area (Å²) in [6, 6.07) is 3.30. The molecule has 140 valence electrons. The van der Waals surface area contributed by atoms with Gasteiger partial charge in [-0.1, -0.05) is 0 Å². The maximum Gasteiger partial charge on any atom is 0.409 e. The summed E-state index contributed by atoms with van der Waals surface area (Å²) in [6.07, 6.45) is 1.23.